The average molecular weight is 1750 g/mol. The van der Waals surface area contributed by atoms with Crippen LogP contribution in [0.5, 0.6) is 46.0 Å². The number of nitrogens with zero attached hydrogens (tertiary/aromatic N) is 2. The van der Waals surface area contributed by atoms with Crippen LogP contribution in [-0.4, -0.2) is 194 Å². The van der Waals surface area contributed by atoms with Crippen molar-refractivity contribution in [3.8, 4) is 57.1 Å². The Labute approximate surface area is 716 Å². The lowest BCUT2D eigenvalue weighted by atomic mass is 9.70. The number of Topliss-reactive ketones (excluding diaryl/α,β-unsaturated/α-hetero) is 2. The van der Waals surface area contributed by atoms with Gasteiger partial charge in [0.25, 0.3) is 0 Å². The highest BCUT2D eigenvalue weighted by molar-refractivity contribution is 6.32. The molecule has 11 bridgehead atoms. The summed E-state index contributed by atoms with van der Waals surface area (Å²) < 4.78 is 40.8. The third-order valence-corrected chi connectivity index (χ3v) is 24.5. The van der Waals surface area contributed by atoms with E-state index in [0.717, 1.165) is 73.5 Å². The fourth-order valence-electron chi connectivity index (χ4n) is 17.0. The van der Waals surface area contributed by atoms with Crippen molar-refractivity contribution in [3.63, 3.8) is 0 Å². The van der Waals surface area contributed by atoms with Gasteiger partial charge < -0.3 is 117 Å². The Morgan fingerprint density at radius 2 is 1.40 bits per heavy atom. The number of carbonyl (C=O) groups excluding carboxylic acids is 8. The number of aromatic hydroxyl groups is 3. The number of primary amides is 1. The van der Waals surface area contributed by atoms with E-state index in [9.17, 15) is 75.0 Å². The summed E-state index contributed by atoms with van der Waals surface area (Å²) in [6.07, 6.45) is -16.0. The molecular formula is C86H103Cl2N9O26. The molecule has 0 spiro atoms. The first-order valence-corrected chi connectivity index (χ1v) is 41.5. The van der Waals surface area contributed by atoms with Crippen LogP contribution in [0.25, 0.3) is 11.1 Å². The van der Waals surface area contributed by atoms with Crippen LogP contribution in [0, 0.1) is 35.0 Å². The number of amides is 6. The minimum atomic E-state index is -2.27. The van der Waals surface area contributed by atoms with E-state index in [4.69, 9.17) is 57.4 Å². The van der Waals surface area contributed by atoms with Gasteiger partial charge in [0.05, 0.1) is 40.7 Å². The molecule has 0 radical (unpaired) electrons. The van der Waals surface area contributed by atoms with Gasteiger partial charge in [-0.25, -0.2) is 9.59 Å². The number of aliphatic hydroxyl groups is 6. The smallest absolute Gasteiger partial charge is 0.349 e. The number of halogens is 2. The fourth-order valence-corrected chi connectivity index (χ4v) is 17.4. The molecule has 6 aromatic rings. The van der Waals surface area contributed by atoms with Gasteiger partial charge >= 0.3 is 11.7 Å². The number of aliphatic carboxylic acids is 1. The highest BCUT2D eigenvalue weighted by Gasteiger charge is 2.53. The molecule has 2 saturated heterocycles. The lowest BCUT2D eigenvalue weighted by Gasteiger charge is -2.48. The van der Waals surface area contributed by atoms with E-state index < -0.39 is 255 Å². The molecule has 35 nitrogen and oxygen atoms in total. The summed E-state index contributed by atoms with van der Waals surface area (Å²) in [5.41, 5.74) is 1.38. The molecule has 14 rings (SSSR count). The van der Waals surface area contributed by atoms with Crippen molar-refractivity contribution < 1.29 is 123 Å². The first-order chi connectivity index (χ1) is 58.1. The molecular weight excluding hydrogens is 1650 g/mol. The van der Waals surface area contributed by atoms with E-state index in [2.05, 4.69) is 57.7 Å². The zero-order chi connectivity index (χ0) is 89.3. The number of carboxylic acid groups (broad SMARTS) is 1. The maximum atomic E-state index is 16.4. The maximum Gasteiger partial charge on any atom is 0.349 e. The average Bonchev–Trinajstić information content (AvgIpc) is 0.765. The Kier molecular flexibility index (Phi) is 28.3. The van der Waals surface area contributed by atoms with Crippen LogP contribution < -0.4 is 57.5 Å². The zero-order valence-electron chi connectivity index (χ0n) is 68.6. The topological polar surface area (TPSA) is 544 Å². The minimum absolute atomic E-state index is 0.00845. The van der Waals surface area contributed by atoms with Crippen LogP contribution in [0.2, 0.25) is 10.0 Å². The first-order valence-electron chi connectivity index (χ1n) is 40.7. The predicted octanol–water partition coefficient (Wildman–Crippen LogP) is 6.20. The Hall–Kier alpha value is -10.4. The molecule has 37 heteroatoms. The molecule has 6 amide bonds. The van der Waals surface area contributed by atoms with Crippen molar-refractivity contribution in [2.45, 2.75) is 223 Å². The standard InChI is InChI=1S/C86H103Cl2N9O26/c1-9-39(24-37(2)3)77(110)95-68-55(102)28-45(31-62(89)104)79(112)93-66-44-29-59(119-57-18-13-42(70(68)105)26-51(57)87)74(60(30-44)120-58-19-14-43(27-52(58)88)71(106)69-81(114)94-67(82(115)116)50-32-47(99)33-54(101)65(50)49-25-41(12-17-53(49)100)48(34-56(66)103)80(113)96-69)123-83-75(73(108)72(107)61(36-98)121-83)122-64-35-86(8,76(109)38(4)118-64)90-21-23-97-22-20-63(92-84(97)117)91-78(111)40-10-15-46(16-11-40)85(5,6)7/h12-14,17-20,22,25-27,29-30,32-33,37-40,45-46,48,61,64,66-73,75-76,83,90,98-101,105-109H,9-11,15-16,21,23-24,28,31,34-36H2,1-8H3,(H2,89,104)(H,93,112)(H,94,114)(H,95,110)(H,96,113)(H,115,116)(H,91,92,111,117)/t38-,39+,40?,45-,46?,48+,61+,64-,66?,67+,68-,69-,70+,71+,72+,73-,75+,76+,83?,86-/m0/s1. The summed E-state index contributed by atoms with van der Waals surface area (Å²) in [6.45, 7) is 14.2. The first kappa shape index (κ1) is 91.8. The molecule has 2 unspecified atom stereocenters. The molecule has 8 heterocycles. The number of phenols is 3. The van der Waals surface area contributed by atoms with Gasteiger partial charge in [-0.2, -0.15) is 4.98 Å². The van der Waals surface area contributed by atoms with Crippen molar-refractivity contribution in [1.82, 2.24) is 36.1 Å². The number of carboxylic acids is 1. The predicted molar refractivity (Wildman–Crippen MR) is 439 cm³/mol. The van der Waals surface area contributed by atoms with Crippen molar-refractivity contribution in [2.75, 3.05) is 18.5 Å². The number of aromatic nitrogens is 2. The number of ketones is 2. The Bertz CT molecular complexity index is 5100. The lowest BCUT2D eigenvalue weighted by molar-refractivity contribution is -0.334. The van der Waals surface area contributed by atoms with Crippen LogP contribution in [0.4, 0.5) is 5.82 Å². The van der Waals surface area contributed by atoms with Crippen LogP contribution in [0.3, 0.4) is 0 Å². The SMILES string of the molecule is CC[C@H](CC(C)C)C(=O)N[C@H]1C(=O)C[C@@H](CC(N)=O)C(=O)NC2C(=O)C[C@H]3C(=O)N[C@H](C(=O)N[C@@H](C(=O)O)c4cc(O)cc(O)c4-c4cc3ccc4O)[C@H](O)c3ccc(c(Cl)c3)Oc3cc2cc(c3OC2O[C@H](CO)[C@@H](O)[C@H](O)[C@H]2O[C@H]2C[C@](C)(NCCn3ccc(NC(=O)C4CCC(C(C)(C)C)CC4)nc3=O)[C@H](O)[C@H](C)O2)Oc2ccc(cc2Cl)[C@H]1O. The van der Waals surface area contributed by atoms with Gasteiger partial charge in [-0.05, 0) is 153 Å². The highest BCUT2D eigenvalue weighted by Crippen LogP contribution is 2.51. The van der Waals surface area contributed by atoms with Crippen LogP contribution in [-0.2, 0) is 63.9 Å². The van der Waals surface area contributed by atoms with Crippen LogP contribution in [0.1, 0.15) is 178 Å². The summed E-state index contributed by atoms with van der Waals surface area (Å²) in [6, 6.07) is 6.96. The molecule has 1 saturated carbocycles. The van der Waals surface area contributed by atoms with E-state index in [0.29, 0.717) is 25.2 Å². The molecule has 8 aliphatic rings. The van der Waals surface area contributed by atoms with Crippen LogP contribution in [0.15, 0.2) is 95.9 Å². The van der Waals surface area contributed by atoms with Gasteiger partial charge in [0.1, 0.15) is 83.2 Å². The lowest BCUT2D eigenvalue weighted by Crippen LogP contribution is -2.65. The molecule has 7 aliphatic heterocycles. The number of fused-ring (bicyclic) bond motifs is 15. The quantitative estimate of drug-likeness (QED) is 0.0429. The van der Waals surface area contributed by atoms with E-state index in [1.54, 1.807) is 13.8 Å². The summed E-state index contributed by atoms with van der Waals surface area (Å²) in [4.78, 5) is 150. The molecule has 1 aliphatic carbocycles. The second-order valence-corrected chi connectivity index (χ2v) is 34.9. The van der Waals surface area contributed by atoms with Crippen molar-refractivity contribution >= 4 is 82.0 Å². The number of carbonyl (C=O) groups is 9. The molecule has 3 fully saturated rings. The number of anilines is 1. The minimum Gasteiger partial charge on any atom is -0.508 e. The number of ether oxygens (including phenoxy) is 6. The van der Waals surface area contributed by atoms with E-state index in [1.807, 2.05) is 13.8 Å². The van der Waals surface area contributed by atoms with Gasteiger partial charge in [-0.3, -0.25) is 42.9 Å². The van der Waals surface area contributed by atoms with Crippen molar-refractivity contribution in [2.24, 2.45) is 40.7 Å². The molecule has 662 valence electrons. The van der Waals surface area contributed by atoms with Gasteiger partial charge in [0.2, 0.25) is 47.5 Å². The summed E-state index contributed by atoms with van der Waals surface area (Å²) in [5.74, 6) is -19.3. The number of phenolic OH excluding ortho intramolecular Hbond substituents is 3. The number of nitrogens with two attached hydrogens (primary N) is 1. The molecule has 18 N–H and O–H groups in total. The third-order valence-electron chi connectivity index (χ3n) is 23.9. The molecule has 18 atom stereocenters. The summed E-state index contributed by atoms with van der Waals surface area (Å²) in [7, 11) is 0. The van der Waals surface area contributed by atoms with Gasteiger partial charge in [0, 0.05) is 85.1 Å². The second kappa shape index (κ2) is 38.0. The molecule has 5 aromatic carbocycles. The number of hydrogen-bond donors (Lipinski definition) is 17. The summed E-state index contributed by atoms with van der Waals surface area (Å²) >= 11 is 14.4. The van der Waals surface area contributed by atoms with Crippen molar-refractivity contribution in [3.05, 3.63) is 139 Å². The van der Waals surface area contributed by atoms with E-state index in [1.165, 1.54) is 42.0 Å². The third kappa shape index (κ3) is 20.5. The monoisotopic (exact) mass is 1750 g/mol. The Morgan fingerprint density at radius 3 is 2.00 bits per heavy atom. The van der Waals surface area contributed by atoms with Gasteiger partial charge in [-0.15, -0.1) is 0 Å². The zero-order valence-corrected chi connectivity index (χ0v) is 70.1. The van der Waals surface area contributed by atoms with Crippen molar-refractivity contribution in [1.29, 1.82) is 0 Å². The van der Waals surface area contributed by atoms with Gasteiger partial charge in [-0.1, -0.05) is 82.9 Å². The van der Waals surface area contributed by atoms with Gasteiger partial charge in [0.15, 0.2) is 41.5 Å². The number of benzene rings is 5. The number of hydrogen-bond acceptors (Lipinski definition) is 27. The fraction of sp³-hybridized carbons (Fsp3) is 0.500. The number of rotatable bonds is 19. The Morgan fingerprint density at radius 1 is 0.748 bits per heavy atom. The largest absolute Gasteiger partial charge is 0.508 e. The number of aliphatic hydroxyl groups excluding tert-OH is 6. The van der Waals surface area contributed by atoms with E-state index >= 15 is 24.0 Å². The number of nitrogens with one attached hydrogen (secondary N) is 6. The highest BCUT2D eigenvalue weighted by atomic mass is 35.5. The molecule has 1 aromatic heterocycles. The maximum absolute atomic E-state index is 16.4. The van der Waals surface area contributed by atoms with E-state index in [-0.39, 0.29) is 82.4 Å². The normalized spacial score (nSPS) is 28.4. The second-order valence-electron chi connectivity index (χ2n) is 34.1. The Balaban J connectivity index is 0.983. The van der Waals surface area contributed by atoms with Crippen LogP contribution >= 0.6 is 23.2 Å². The summed E-state index contributed by atoms with van der Waals surface area (Å²) in [5, 5.41) is 132. The molecule has 123 heavy (non-hydrogen) atoms.